The summed E-state index contributed by atoms with van der Waals surface area (Å²) in [6, 6.07) is 16.0. The van der Waals surface area contributed by atoms with Gasteiger partial charge in [0, 0.05) is 26.1 Å². The maximum atomic E-state index is 6.29. The predicted octanol–water partition coefficient (Wildman–Crippen LogP) is 4.46. The molecule has 0 aromatic heterocycles. The quantitative estimate of drug-likeness (QED) is 0.525. The topological polar surface area (TPSA) is 61.6 Å². The number of hydrogen-bond acceptors (Lipinski definition) is 6. The average Bonchev–Trinajstić information content (AvgIpc) is 3.46. The molecule has 6 heteroatoms. The summed E-state index contributed by atoms with van der Waals surface area (Å²) in [7, 11) is 6.72. The van der Waals surface area contributed by atoms with Gasteiger partial charge in [0.15, 0.2) is 11.1 Å². The van der Waals surface area contributed by atoms with E-state index in [4.69, 9.17) is 29.2 Å². The molecular formula is C24H26N2O4. The predicted molar refractivity (Wildman–Crippen MR) is 112 cm³/mol. The van der Waals surface area contributed by atoms with Crippen molar-refractivity contribution in [2.24, 2.45) is 22.1 Å². The number of rotatable bonds is 6. The highest BCUT2D eigenvalue weighted by Crippen LogP contribution is 2.73. The van der Waals surface area contributed by atoms with Crippen LogP contribution in [0, 0.1) is 11.8 Å². The van der Waals surface area contributed by atoms with E-state index in [2.05, 4.69) is 24.3 Å². The number of allylic oxidation sites excluding steroid dienone is 1. The molecule has 30 heavy (non-hydrogen) atoms. The van der Waals surface area contributed by atoms with Crippen LogP contribution < -0.4 is 9.47 Å². The summed E-state index contributed by atoms with van der Waals surface area (Å²) in [5, 5.41) is 9.90. The van der Waals surface area contributed by atoms with Crippen molar-refractivity contribution in [3.63, 3.8) is 0 Å². The highest BCUT2D eigenvalue weighted by Gasteiger charge is 2.83. The minimum Gasteiger partial charge on any atom is -0.497 e. The van der Waals surface area contributed by atoms with Crippen LogP contribution in [0.15, 0.2) is 70.9 Å². The highest BCUT2D eigenvalue weighted by molar-refractivity contribution is 5.50. The van der Waals surface area contributed by atoms with Gasteiger partial charge in [-0.3, -0.25) is 0 Å². The second kappa shape index (κ2) is 6.65. The summed E-state index contributed by atoms with van der Waals surface area (Å²) >= 11 is 0. The molecule has 1 aliphatic heterocycles. The molecule has 0 radical (unpaired) electrons. The fraction of sp³-hybridized carbons (Fsp3) is 0.417. The molecule has 1 fully saturated rings. The van der Waals surface area contributed by atoms with E-state index in [1.165, 1.54) is 0 Å². The molecule has 1 saturated carbocycles. The largest absolute Gasteiger partial charge is 0.497 e. The Morgan fingerprint density at radius 2 is 1.23 bits per heavy atom. The molecule has 2 aromatic carbocycles. The van der Waals surface area contributed by atoms with E-state index in [1.807, 2.05) is 36.4 Å². The van der Waals surface area contributed by atoms with Crippen molar-refractivity contribution < 1.29 is 18.9 Å². The molecule has 0 amide bonds. The molecule has 4 atom stereocenters. The van der Waals surface area contributed by atoms with Crippen molar-refractivity contribution in [1.29, 1.82) is 0 Å². The maximum Gasteiger partial charge on any atom is 0.232 e. The highest BCUT2D eigenvalue weighted by atomic mass is 16.7. The van der Waals surface area contributed by atoms with Gasteiger partial charge in [0.05, 0.1) is 14.2 Å². The Balaban J connectivity index is 1.76. The zero-order chi connectivity index (χ0) is 21.0. The number of fused-ring (bicyclic) bond motifs is 5. The second-order valence-electron chi connectivity index (χ2n) is 8.01. The van der Waals surface area contributed by atoms with Crippen LogP contribution in [0.4, 0.5) is 0 Å². The Morgan fingerprint density at radius 3 is 1.73 bits per heavy atom. The normalized spacial score (nSPS) is 32.4. The Kier molecular flexibility index (Phi) is 4.27. The van der Waals surface area contributed by atoms with Crippen molar-refractivity contribution in [1.82, 2.24) is 0 Å². The number of methoxy groups -OCH3 is 4. The van der Waals surface area contributed by atoms with Gasteiger partial charge >= 0.3 is 0 Å². The number of azo groups is 1. The van der Waals surface area contributed by atoms with Gasteiger partial charge in [-0.05, 0) is 41.8 Å². The van der Waals surface area contributed by atoms with E-state index in [0.29, 0.717) is 0 Å². The van der Waals surface area contributed by atoms with Crippen LogP contribution in [0.2, 0.25) is 0 Å². The number of hydrogen-bond donors (Lipinski definition) is 0. The lowest BCUT2D eigenvalue weighted by molar-refractivity contribution is -0.262. The summed E-state index contributed by atoms with van der Waals surface area (Å²) in [5.74, 6) is 0.786. The first kappa shape index (κ1) is 19.3. The Labute approximate surface area is 176 Å². The fourth-order valence-corrected chi connectivity index (χ4v) is 6.00. The number of benzene rings is 2. The first-order chi connectivity index (χ1) is 14.6. The van der Waals surface area contributed by atoms with Crippen LogP contribution in [-0.2, 0) is 20.6 Å². The molecule has 5 rings (SSSR count). The van der Waals surface area contributed by atoms with Crippen molar-refractivity contribution in [2.45, 2.75) is 23.3 Å². The molecule has 0 N–H and O–H groups in total. The van der Waals surface area contributed by atoms with Crippen LogP contribution in [0.3, 0.4) is 0 Å². The molecule has 156 valence electrons. The average molecular weight is 406 g/mol. The van der Waals surface area contributed by atoms with Gasteiger partial charge in [0.25, 0.3) is 0 Å². The molecule has 2 aromatic rings. The van der Waals surface area contributed by atoms with Crippen molar-refractivity contribution in [2.75, 3.05) is 28.4 Å². The van der Waals surface area contributed by atoms with E-state index < -0.39 is 16.9 Å². The van der Waals surface area contributed by atoms with E-state index in [1.54, 1.807) is 28.4 Å². The lowest BCUT2D eigenvalue weighted by atomic mass is 9.75. The zero-order valence-corrected chi connectivity index (χ0v) is 17.7. The molecule has 2 aliphatic carbocycles. The molecule has 0 unspecified atom stereocenters. The van der Waals surface area contributed by atoms with Crippen molar-refractivity contribution >= 4 is 0 Å². The Morgan fingerprint density at radius 1 is 0.733 bits per heavy atom. The minimum atomic E-state index is -1.08. The zero-order valence-electron chi connectivity index (χ0n) is 17.7. The Hall–Kier alpha value is -2.70. The van der Waals surface area contributed by atoms with E-state index >= 15 is 0 Å². The van der Waals surface area contributed by atoms with E-state index in [0.717, 1.165) is 29.0 Å². The van der Waals surface area contributed by atoms with Gasteiger partial charge in [0.2, 0.25) is 5.79 Å². The van der Waals surface area contributed by atoms with Gasteiger partial charge in [-0.1, -0.05) is 36.4 Å². The van der Waals surface area contributed by atoms with Gasteiger partial charge in [-0.25, -0.2) is 0 Å². The molecule has 0 spiro atoms. The molecule has 0 saturated heterocycles. The molecule has 2 bridgehead atoms. The molecular weight excluding hydrogens is 380 g/mol. The molecule has 1 heterocycles. The summed E-state index contributed by atoms with van der Waals surface area (Å²) in [6.07, 6.45) is 5.38. The standard InChI is InChI=1S/C24H26N2O4/c1-27-18-12-8-16(9-13-18)22-20-6-5-7-21(20)23(26-25-22,24(22,29-3)30-4)17-10-14-19(28-2)15-11-17/h5-6,8-15,20-21H,7H2,1-4H3/t20-,21+,22-,23+/m1/s1. The van der Waals surface area contributed by atoms with E-state index in [9.17, 15) is 0 Å². The third-order valence-electron chi connectivity index (χ3n) is 7.19. The summed E-state index contributed by atoms with van der Waals surface area (Å²) < 4.78 is 23.3. The van der Waals surface area contributed by atoms with Crippen LogP contribution in [0.5, 0.6) is 11.5 Å². The van der Waals surface area contributed by atoms with Crippen molar-refractivity contribution in [3.8, 4) is 11.5 Å². The van der Waals surface area contributed by atoms with Crippen LogP contribution in [0.1, 0.15) is 17.5 Å². The lowest BCUT2D eigenvalue weighted by Gasteiger charge is -2.43. The maximum absolute atomic E-state index is 6.29. The van der Waals surface area contributed by atoms with Gasteiger partial charge < -0.3 is 18.9 Å². The second-order valence-corrected chi connectivity index (χ2v) is 8.01. The fourth-order valence-electron chi connectivity index (χ4n) is 6.00. The number of nitrogens with zero attached hydrogens (tertiary/aromatic N) is 2. The van der Waals surface area contributed by atoms with E-state index in [-0.39, 0.29) is 11.8 Å². The third-order valence-corrected chi connectivity index (χ3v) is 7.19. The number of ether oxygens (including phenoxy) is 4. The monoisotopic (exact) mass is 406 g/mol. The van der Waals surface area contributed by atoms with Gasteiger partial charge in [-0.2, -0.15) is 10.2 Å². The SMILES string of the molecule is COc1ccc([C@@]23N=N[C@@](c4ccc(OC)cc4)([C@H]4CC=C[C@H]42)C3(OC)OC)cc1. The van der Waals surface area contributed by atoms with Crippen LogP contribution in [-0.4, -0.2) is 34.2 Å². The minimum absolute atomic E-state index is 0.102. The first-order valence-corrected chi connectivity index (χ1v) is 10.1. The summed E-state index contributed by atoms with van der Waals surface area (Å²) in [6.45, 7) is 0. The summed E-state index contributed by atoms with van der Waals surface area (Å²) in [5.41, 5.74) is 0.463. The van der Waals surface area contributed by atoms with Crippen molar-refractivity contribution in [3.05, 3.63) is 71.8 Å². The van der Waals surface area contributed by atoms with Gasteiger partial charge in [0.1, 0.15) is 11.5 Å². The third kappa shape index (κ3) is 2.01. The van der Waals surface area contributed by atoms with Crippen LogP contribution in [0.25, 0.3) is 0 Å². The smallest absolute Gasteiger partial charge is 0.232 e. The van der Waals surface area contributed by atoms with Gasteiger partial charge in [-0.15, -0.1) is 0 Å². The lowest BCUT2D eigenvalue weighted by Crippen LogP contribution is -2.58. The van der Waals surface area contributed by atoms with Crippen LogP contribution >= 0.6 is 0 Å². The molecule has 3 aliphatic rings. The summed E-state index contributed by atoms with van der Waals surface area (Å²) in [4.78, 5) is 0. The molecule has 6 nitrogen and oxygen atoms in total. The Bertz CT molecular complexity index is 997. The first-order valence-electron chi connectivity index (χ1n) is 10.1.